The number of rotatable bonds is 2. The van der Waals surface area contributed by atoms with E-state index < -0.39 is 0 Å². The molecular formula is C22H27N3O2. The fourth-order valence-electron chi connectivity index (χ4n) is 5.43. The van der Waals surface area contributed by atoms with Crippen LogP contribution in [0.15, 0.2) is 23.3 Å². The van der Waals surface area contributed by atoms with Gasteiger partial charge in [-0.2, -0.15) is 5.10 Å². The number of hydrogen-bond acceptors (Lipinski definition) is 4. The number of fused-ring (bicyclic) bond motifs is 2. The van der Waals surface area contributed by atoms with Crippen LogP contribution in [-0.4, -0.2) is 41.3 Å². The molecule has 2 saturated carbocycles. The van der Waals surface area contributed by atoms with Crippen LogP contribution in [0.5, 0.6) is 5.75 Å². The van der Waals surface area contributed by atoms with Crippen molar-refractivity contribution in [2.75, 3.05) is 13.1 Å². The molecular weight excluding hydrogens is 338 g/mol. The first-order valence-electron chi connectivity index (χ1n) is 10.6. The first kappa shape index (κ1) is 16.1. The summed E-state index contributed by atoms with van der Waals surface area (Å²) in [6.07, 6.45) is 9.67. The molecule has 3 heterocycles. The number of nitrogens with one attached hydrogen (secondary N) is 1. The summed E-state index contributed by atoms with van der Waals surface area (Å²) in [6.45, 7) is 2.38. The molecule has 5 aliphatic rings. The number of ether oxygens (including phenoxy) is 1. The maximum atomic E-state index is 11.7. The molecule has 6 rings (SSSR count). The van der Waals surface area contributed by atoms with Gasteiger partial charge in [0.25, 0.3) is 0 Å². The molecule has 27 heavy (non-hydrogen) atoms. The Morgan fingerprint density at radius 1 is 1.15 bits per heavy atom. The molecule has 1 aromatic carbocycles. The average Bonchev–Trinajstić information content (AvgIpc) is 3.44. The van der Waals surface area contributed by atoms with Gasteiger partial charge in [-0.15, -0.1) is 0 Å². The second-order valence-electron chi connectivity index (χ2n) is 9.15. The molecule has 1 amide bonds. The van der Waals surface area contributed by atoms with E-state index >= 15 is 0 Å². The van der Waals surface area contributed by atoms with Crippen molar-refractivity contribution in [3.8, 4) is 5.75 Å². The van der Waals surface area contributed by atoms with Gasteiger partial charge < -0.3 is 9.64 Å². The number of likely N-dealkylation sites (tertiary alicyclic amines) is 1. The van der Waals surface area contributed by atoms with Gasteiger partial charge in [0.15, 0.2) is 0 Å². The lowest BCUT2D eigenvalue weighted by molar-refractivity contribution is -0.122. The van der Waals surface area contributed by atoms with Crippen molar-refractivity contribution >= 4 is 11.6 Å². The minimum atomic E-state index is 0.0483. The van der Waals surface area contributed by atoms with Crippen LogP contribution in [0.4, 0.5) is 0 Å². The number of hydrazone groups is 1. The van der Waals surface area contributed by atoms with Crippen molar-refractivity contribution < 1.29 is 9.53 Å². The van der Waals surface area contributed by atoms with Crippen molar-refractivity contribution in [2.45, 2.75) is 63.0 Å². The number of amides is 1. The largest absolute Gasteiger partial charge is 0.487 e. The smallest absolute Gasteiger partial charge is 0.243 e. The van der Waals surface area contributed by atoms with Gasteiger partial charge in [0.2, 0.25) is 5.91 Å². The maximum absolute atomic E-state index is 11.7. The van der Waals surface area contributed by atoms with Crippen LogP contribution in [-0.2, 0) is 11.2 Å². The lowest BCUT2D eigenvalue weighted by Crippen LogP contribution is -2.53. The van der Waals surface area contributed by atoms with Gasteiger partial charge in [0.1, 0.15) is 11.4 Å². The Bertz CT molecular complexity index is 821. The monoisotopic (exact) mass is 365 g/mol. The lowest BCUT2D eigenvalue weighted by Gasteiger charge is -2.48. The van der Waals surface area contributed by atoms with Gasteiger partial charge in [-0.3, -0.25) is 4.79 Å². The Hall–Kier alpha value is -1.88. The molecule has 3 fully saturated rings. The number of aryl methyl sites for hydroxylation is 1. The number of hydrogen-bond donors (Lipinski definition) is 1. The van der Waals surface area contributed by atoms with Crippen LogP contribution in [0.3, 0.4) is 0 Å². The number of carbonyl (C=O) groups excluding carboxylic acids is 1. The highest BCUT2D eigenvalue weighted by atomic mass is 16.5. The maximum Gasteiger partial charge on any atom is 0.243 e. The van der Waals surface area contributed by atoms with Crippen molar-refractivity contribution in [3.63, 3.8) is 0 Å². The van der Waals surface area contributed by atoms with Gasteiger partial charge >= 0.3 is 0 Å². The molecule has 2 aliphatic carbocycles. The van der Waals surface area contributed by atoms with Gasteiger partial charge in [-0.05, 0) is 74.3 Å². The Morgan fingerprint density at radius 2 is 2.00 bits per heavy atom. The summed E-state index contributed by atoms with van der Waals surface area (Å²) in [5, 5.41) is 4.34. The highest BCUT2D eigenvalue weighted by Crippen LogP contribution is 2.45. The van der Waals surface area contributed by atoms with E-state index in [-0.39, 0.29) is 17.4 Å². The number of carbonyl (C=O) groups is 1. The van der Waals surface area contributed by atoms with Crippen LogP contribution in [0, 0.1) is 11.8 Å². The molecule has 0 aromatic heterocycles. The zero-order valence-electron chi connectivity index (χ0n) is 15.7. The minimum Gasteiger partial charge on any atom is -0.487 e. The Labute approximate surface area is 160 Å². The Balaban J connectivity index is 1.18. The van der Waals surface area contributed by atoms with Crippen LogP contribution in [0.1, 0.15) is 56.1 Å². The quantitative estimate of drug-likeness (QED) is 0.877. The number of benzene rings is 1. The average molecular weight is 365 g/mol. The summed E-state index contributed by atoms with van der Waals surface area (Å²) in [5.41, 5.74) is 6.24. The van der Waals surface area contributed by atoms with Crippen LogP contribution >= 0.6 is 0 Å². The van der Waals surface area contributed by atoms with E-state index in [1.807, 2.05) is 0 Å². The SMILES string of the molecule is O=C1NN=C(c2ccc3c(c2)CCC2(CCN(C4CCC4)CC2)O3)C2CC12. The van der Waals surface area contributed by atoms with Gasteiger partial charge in [-0.25, -0.2) is 5.43 Å². The predicted octanol–water partition coefficient (Wildman–Crippen LogP) is 2.87. The molecule has 1 aromatic rings. The summed E-state index contributed by atoms with van der Waals surface area (Å²) in [6, 6.07) is 7.37. The van der Waals surface area contributed by atoms with Gasteiger partial charge in [0.05, 0.1) is 5.71 Å². The molecule has 5 heteroatoms. The summed E-state index contributed by atoms with van der Waals surface area (Å²) in [7, 11) is 0. The third-order valence-electron chi connectivity index (χ3n) is 7.60. The number of piperidine rings is 1. The summed E-state index contributed by atoms with van der Waals surface area (Å²) in [5.74, 6) is 1.62. The molecule has 2 unspecified atom stereocenters. The molecule has 0 radical (unpaired) electrons. The summed E-state index contributed by atoms with van der Waals surface area (Å²) < 4.78 is 6.60. The van der Waals surface area contributed by atoms with E-state index in [1.165, 1.54) is 37.9 Å². The Kier molecular flexibility index (Phi) is 3.46. The first-order chi connectivity index (χ1) is 13.2. The van der Waals surface area contributed by atoms with Crippen molar-refractivity contribution in [3.05, 3.63) is 29.3 Å². The van der Waals surface area contributed by atoms with E-state index in [9.17, 15) is 4.79 Å². The van der Waals surface area contributed by atoms with E-state index in [0.717, 1.165) is 55.2 Å². The summed E-state index contributed by atoms with van der Waals surface area (Å²) >= 11 is 0. The molecule has 2 atom stereocenters. The Morgan fingerprint density at radius 3 is 2.78 bits per heavy atom. The fraction of sp³-hybridized carbons (Fsp3) is 0.636. The molecule has 1 N–H and O–H groups in total. The second kappa shape index (κ2) is 5.81. The zero-order valence-corrected chi connectivity index (χ0v) is 15.7. The third kappa shape index (κ3) is 2.62. The second-order valence-corrected chi connectivity index (χ2v) is 9.15. The topological polar surface area (TPSA) is 53.9 Å². The normalized spacial score (nSPS) is 31.9. The van der Waals surface area contributed by atoms with Crippen LogP contribution < -0.4 is 10.2 Å². The lowest BCUT2D eigenvalue weighted by atomic mass is 9.81. The summed E-state index contributed by atoms with van der Waals surface area (Å²) in [4.78, 5) is 14.4. The minimum absolute atomic E-state index is 0.0483. The molecule has 0 bridgehead atoms. The fourth-order valence-corrected chi connectivity index (χ4v) is 5.43. The molecule has 5 nitrogen and oxygen atoms in total. The third-order valence-corrected chi connectivity index (χ3v) is 7.60. The highest BCUT2D eigenvalue weighted by Gasteiger charge is 2.49. The van der Waals surface area contributed by atoms with Gasteiger partial charge in [0, 0.05) is 31.0 Å². The van der Waals surface area contributed by atoms with Crippen molar-refractivity contribution in [1.29, 1.82) is 0 Å². The molecule has 3 aliphatic heterocycles. The highest BCUT2D eigenvalue weighted by molar-refractivity contribution is 6.09. The van der Waals surface area contributed by atoms with Crippen molar-refractivity contribution in [1.82, 2.24) is 10.3 Å². The van der Waals surface area contributed by atoms with E-state index in [0.29, 0.717) is 5.92 Å². The number of nitrogens with zero attached hydrogens (tertiary/aromatic N) is 2. The van der Waals surface area contributed by atoms with Crippen LogP contribution in [0.2, 0.25) is 0 Å². The standard InChI is InChI=1S/C22H27N3O2/c26-21-18-13-17(18)20(23-24-21)15-4-5-19-14(12-15)6-7-22(27-19)8-10-25(11-9-22)16-2-1-3-16/h4-5,12,16-18H,1-3,6-11,13H2,(H,24,26). The molecule has 1 spiro atoms. The van der Waals surface area contributed by atoms with Crippen LogP contribution in [0.25, 0.3) is 0 Å². The van der Waals surface area contributed by atoms with Crippen molar-refractivity contribution in [2.24, 2.45) is 16.9 Å². The van der Waals surface area contributed by atoms with E-state index in [4.69, 9.17) is 4.74 Å². The molecule has 1 saturated heterocycles. The zero-order chi connectivity index (χ0) is 18.0. The van der Waals surface area contributed by atoms with Gasteiger partial charge in [-0.1, -0.05) is 6.42 Å². The first-order valence-corrected chi connectivity index (χ1v) is 10.6. The van der Waals surface area contributed by atoms with E-state index in [2.05, 4.69) is 33.6 Å². The molecule has 142 valence electrons. The predicted molar refractivity (Wildman–Crippen MR) is 103 cm³/mol. The van der Waals surface area contributed by atoms with E-state index in [1.54, 1.807) is 0 Å².